The first-order valence-corrected chi connectivity index (χ1v) is 5.90. The van der Waals surface area contributed by atoms with Crippen LogP contribution in [0, 0.1) is 19.8 Å². The second-order valence-electron chi connectivity index (χ2n) is 4.60. The molecule has 0 bridgehead atoms. The Balaban J connectivity index is 2.85. The number of aryl methyl sites for hydroxylation is 2. The lowest BCUT2D eigenvalue weighted by Gasteiger charge is -2.21. The number of nitrogens with two attached hydrogens (primary N) is 1. The normalized spacial score (nSPS) is 13.2. The van der Waals surface area contributed by atoms with E-state index in [1.54, 1.807) is 33.9 Å². The minimum Gasteiger partial charge on any atom is -0.409 e. The predicted molar refractivity (Wildman–Crippen MR) is 71.0 cm³/mol. The van der Waals surface area contributed by atoms with Crippen molar-refractivity contribution in [2.75, 3.05) is 13.6 Å². The fourth-order valence-corrected chi connectivity index (χ4v) is 1.66. The second-order valence-corrected chi connectivity index (χ2v) is 4.60. The Bertz CT molecular complexity index is 501. The Morgan fingerprint density at radius 2 is 2.16 bits per heavy atom. The summed E-state index contributed by atoms with van der Waals surface area (Å²) in [6, 6.07) is 1.70. The van der Waals surface area contributed by atoms with Gasteiger partial charge in [-0.3, -0.25) is 4.79 Å². The molecule has 7 heteroatoms. The van der Waals surface area contributed by atoms with Crippen molar-refractivity contribution in [2.24, 2.45) is 16.8 Å². The second kappa shape index (κ2) is 6.12. The van der Waals surface area contributed by atoms with Gasteiger partial charge < -0.3 is 15.8 Å². The molecule has 0 saturated heterocycles. The molecule has 1 heterocycles. The smallest absolute Gasteiger partial charge is 0.255 e. The number of amidine groups is 1. The number of hydrogen-bond acceptors (Lipinski definition) is 5. The highest BCUT2D eigenvalue weighted by Gasteiger charge is 2.19. The van der Waals surface area contributed by atoms with Crippen LogP contribution >= 0.6 is 0 Å². The number of oxime groups is 1. The highest BCUT2D eigenvalue weighted by molar-refractivity contribution is 5.95. The molecule has 0 radical (unpaired) electrons. The molecule has 0 aliphatic carbocycles. The molecular formula is C12H19N5O2. The van der Waals surface area contributed by atoms with Gasteiger partial charge in [-0.05, 0) is 19.9 Å². The van der Waals surface area contributed by atoms with Crippen LogP contribution in [0.15, 0.2) is 11.2 Å². The molecule has 0 fully saturated rings. The first kappa shape index (κ1) is 14.9. The lowest BCUT2D eigenvalue weighted by molar-refractivity contribution is 0.0784. The van der Waals surface area contributed by atoms with E-state index in [4.69, 9.17) is 10.9 Å². The largest absolute Gasteiger partial charge is 0.409 e. The molecule has 7 nitrogen and oxygen atoms in total. The van der Waals surface area contributed by atoms with Crippen molar-refractivity contribution < 1.29 is 10.0 Å². The van der Waals surface area contributed by atoms with Crippen molar-refractivity contribution >= 4 is 11.7 Å². The number of amides is 1. The van der Waals surface area contributed by atoms with Gasteiger partial charge in [0.25, 0.3) is 5.91 Å². The van der Waals surface area contributed by atoms with Crippen molar-refractivity contribution in [1.29, 1.82) is 0 Å². The summed E-state index contributed by atoms with van der Waals surface area (Å²) in [5, 5.41) is 19.4. The molecule has 19 heavy (non-hydrogen) atoms. The molecule has 0 saturated carbocycles. The van der Waals surface area contributed by atoms with Crippen LogP contribution in [-0.4, -0.2) is 45.6 Å². The van der Waals surface area contributed by atoms with Gasteiger partial charge in [-0.25, -0.2) is 0 Å². The van der Waals surface area contributed by atoms with E-state index in [1.807, 2.05) is 0 Å². The lowest BCUT2D eigenvalue weighted by Crippen LogP contribution is -2.36. The standard InChI is InChI=1S/C12H19N5O2/c1-7(11(13)16-19)6-17(4)12(18)10-5-8(2)14-15-9(10)3/h5,7,19H,6H2,1-4H3,(H2,13,16). The highest BCUT2D eigenvalue weighted by atomic mass is 16.4. The minimum atomic E-state index is -0.227. The summed E-state index contributed by atoms with van der Waals surface area (Å²) >= 11 is 0. The lowest BCUT2D eigenvalue weighted by atomic mass is 10.1. The Labute approximate surface area is 112 Å². The molecule has 0 spiro atoms. The zero-order valence-electron chi connectivity index (χ0n) is 11.6. The molecule has 0 aromatic carbocycles. The Morgan fingerprint density at radius 1 is 1.53 bits per heavy atom. The van der Waals surface area contributed by atoms with Gasteiger partial charge in [0.15, 0.2) is 0 Å². The number of rotatable bonds is 4. The Kier molecular flexibility index (Phi) is 4.80. The monoisotopic (exact) mass is 265 g/mol. The summed E-state index contributed by atoms with van der Waals surface area (Å²) in [7, 11) is 1.67. The van der Waals surface area contributed by atoms with E-state index in [0.29, 0.717) is 23.5 Å². The van der Waals surface area contributed by atoms with Crippen LogP contribution in [0.25, 0.3) is 0 Å². The molecule has 3 N–H and O–H groups in total. The van der Waals surface area contributed by atoms with E-state index in [0.717, 1.165) is 0 Å². The van der Waals surface area contributed by atoms with Gasteiger partial charge >= 0.3 is 0 Å². The average Bonchev–Trinajstić information content (AvgIpc) is 2.39. The maximum absolute atomic E-state index is 12.3. The molecule has 0 aliphatic heterocycles. The van der Waals surface area contributed by atoms with Crippen LogP contribution in [0.3, 0.4) is 0 Å². The van der Waals surface area contributed by atoms with E-state index in [9.17, 15) is 4.79 Å². The van der Waals surface area contributed by atoms with Gasteiger partial charge in [-0.1, -0.05) is 12.1 Å². The highest BCUT2D eigenvalue weighted by Crippen LogP contribution is 2.10. The van der Waals surface area contributed by atoms with Crippen LogP contribution < -0.4 is 5.73 Å². The number of hydrogen-bond donors (Lipinski definition) is 2. The van der Waals surface area contributed by atoms with Gasteiger partial charge in [-0.2, -0.15) is 10.2 Å². The molecular weight excluding hydrogens is 246 g/mol. The Morgan fingerprint density at radius 3 is 2.74 bits per heavy atom. The van der Waals surface area contributed by atoms with Crippen molar-refractivity contribution in [3.8, 4) is 0 Å². The van der Waals surface area contributed by atoms with E-state index >= 15 is 0 Å². The third-order valence-electron chi connectivity index (χ3n) is 2.85. The van der Waals surface area contributed by atoms with Crippen molar-refractivity contribution in [3.05, 3.63) is 23.0 Å². The maximum Gasteiger partial charge on any atom is 0.255 e. The van der Waals surface area contributed by atoms with Crippen LogP contribution in [-0.2, 0) is 0 Å². The van der Waals surface area contributed by atoms with E-state index in [-0.39, 0.29) is 17.7 Å². The number of nitrogens with zero attached hydrogens (tertiary/aromatic N) is 4. The van der Waals surface area contributed by atoms with Crippen LogP contribution in [0.1, 0.15) is 28.7 Å². The molecule has 104 valence electrons. The van der Waals surface area contributed by atoms with Gasteiger partial charge in [0.1, 0.15) is 5.84 Å². The average molecular weight is 265 g/mol. The summed E-state index contributed by atoms with van der Waals surface area (Å²) in [6.45, 7) is 5.65. The first-order chi connectivity index (χ1) is 8.86. The summed E-state index contributed by atoms with van der Waals surface area (Å²) in [5.74, 6) is -0.288. The van der Waals surface area contributed by atoms with E-state index in [1.165, 1.54) is 4.90 Å². The predicted octanol–water partition coefficient (Wildman–Crippen LogP) is 0.548. The van der Waals surface area contributed by atoms with Gasteiger partial charge in [0.05, 0.1) is 17.0 Å². The summed E-state index contributed by atoms with van der Waals surface area (Å²) in [6.07, 6.45) is 0. The van der Waals surface area contributed by atoms with Crippen molar-refractivity contribution in [2.45, 2.75) is 20.8 Å². The maximum atomic E-state index is 12.3. The van der Waals surface area contributed by atoms with E-state index < -0.39 is 0 Å². The third kappa shape index (κ3) is 3.64. The van der Waals surface area contributed by atoms with Crippen LogP contribution in [0.4, 0.5) is 0 Å². The van der Waals surface area contributed by atoms with Crippen molar-refractivity contribution in [3.63, 3.8) is 0 Å². The zero-order valence-corrected chi connectivity index (χ0v) is 11.6. The molecule has 1 aromatic rings. The minimum absolute atomic E-state index is 0.0976. The van der Waals surface area contributed by atoms with Crippen molar-refractivity contribution in [1.82, 2.24) is 15.1 Å². The molecule has 1 atom stereocenters. The topological polar surface area (TPSA) is 105 Å². The molecule has 1 unspecified atom stereocenters. The fraction of sp³-hybridized carbons (Fsp3) is 0.500. The fourth-order valence-electron chi connectivity index (χ4n) is 1.66. The van der Waals surface area contributed by atoms with Gasteiger partial charge in [0.2, 0.25) is 0 Å². The molecule has 1 aromatic heterocycles. The van der Waals surface area contributed by atoms with E-state index in [2.05, 4.69) is 15.4 Å². The number of carbonyl (C=O) groups is 1. The summed E-state index contributed by atoms with van der Waals surface area (Å²) in [5.41, 5.74) is 7.28. The van der Waals surface area contributed by atoms with Gasteiger partial charge in [-0.15, -0.1) is 0 Å². The summed E-state index contributed by atoms with van der Waals surface area (Å²) in [4.78, 5) is 13.8. The third-order valence-corrected chi connectivity index (χ3v) is 2.85. The molecule has 0 aliphatic rings. The zero-order chi connectivity index (χ0) is 14.6. The SMILES string of the molecule is Cc1cc(C(=O)N(C)CC(C)/C(N)=N/O)c(C)nn1. The number of carbonyl (C=O) groups excluding carboxylic acids is 1. The Hall–Kier alpha value is -2.18. The number of aromatic nitrogens is 2. The van der Waals surface area contributed by atoms with Gasteiger partial charge in [0, 0.05) is 19.5 Å². The first-order valence-electron chi connectivity index (χ1n) is 5.90. The van der Waals surface area contributed by atoms with Crippen LogP contribution in [0.5, 0.6) is 0 Å². The summed E-state index contributed by atoms with van der Waals surface area (Å²) < 4.78 is 0. The van der Waals surface area contributed by atoms with Crippen LogP contribution in [0.2, 0.25) is 0 Å². The molecule has 1 rings (SSSR count). The molecule has 1 amide bonds. The quantitative estimate of drug-likeness (QED) is 0.358.